The van der Waals surface area contributed by atoms with Crippen molar-refractivity contribution >= 4 is 50.5 Å². The second-order valence-electron chi connectivity index (χ2n) is 4.93. The summed E-state index contributed by atoms with van der Waals surface area (Å²) in [7, 11) is 0. The molecule has 1 heterocycles. The van der Waals surface area contributed by atoms with Crippen LogP contribution in [0.25, 0.3) is 6.08 Å². The molecule has 0 atom stereocenters. The van der Waals surface area contributed by atoms with E-state index < -0.39 is 0 Å². The fraction of sp³-hybridized carbons (Fsp3) is 0.111. The van der Waals surface area contributed by atoms with Crippen LogP contribution in [0.5, 0.6) is 5.75 Å². The van der Waals surface area contributed by atoms with Crippen LogP contribution >= 0.6 is 27.7 Å². The first-order valence-corrected chi connectivity index (χ1v) is 9.03. The van der Waals surface area contributed by atoms with Crippen LogP contribution in [0.1, 0.15) is 12.5 Å². The third kappa shape index (κ3) is 4.07. The molecular weight excluding hydrogens is 388 g/mol. The number of aliphatic imine (C=N–C) groups is 1. The summed E-state index contributed by atoms with van der Waals surface area (Å²) in [6.45, 7) is 2.51. The molecule has 0 spiro atoms. The highest BCUT2D eigenvalue weighted by atomic mass is 79.9. The van der Waals surface area contributed by atoms with Crippen LogP contribution < -0.4 is 10.1 Å². The number of hydrogen-bond acceptors (Lipinski definition) is 4. The van der Waals surface area contributed by atoms with E-state index >= 15 is 0 Å². The summed E-state index contributed by atoms with van der Waals surface area (Å²) in [5.41, 5.74) is 1.67. The van der Waals surface area contributed by atoms with E-state index in [1.54, 1.807) is 0 Å². The number of carbonyl (C=O) groups is 1. The number of carbonyl (C=O) groups excluding carboxylic acids is 1. The third-order valence-corrected chi connectivity index (χ3v) is 4.65. The highest BCUT2D eigenvalue weighted by Gasteiger charge is 2.24. The molecule has 0 radical (unpaired) electrons. The van der Waals surface area contributed by atoms with Crippen LogP contribution in [-0.2, 0) is 4.79 Å². The lowest BCUT2D eigenvalue weighted by atomic mass is 10.2. The number of rotatable bonds is 4. The SMILES string of the molecule is CCOc1ccccc1C=C1SC(=Nc2ccc(Br)cc2)NC1=O. The van der Waals surface area contributed by atoms with Gasteiger partial charge in [-0.25, -0.2) is 4.99 Å². The number of amides is 1. The highest BCUT2D eigenvalue weighted by Crippen LogP contribution is 2.30. The van der Waals surface area contributed by atoms with Gasteiger partial charge in [0.25, 0.3) is 5.91 Å². The molecule has 1 aliphatic rings. The molecule has 0 saturated carbocycles. The van der Waals surface area contributed by atoms with Gasteiger partial charge in [-0.3, -0.25) is 4.79 Å². The second-order valence-corrected chi connectivity index (χ2v) is 6.88. The number of ether oxygens (including phenoxy) is 1. The zero-order valence-electron chi connectivity index (χ0n) is 13.0. The van der Waals surface area contributed by atoms with E-state index in [1.807, 2.05) is 61.5 Å². The minimum absolute atomic E-state index is 0.151. The molecular formula is C18H15BrN2O2S. The van der Waals surface area contributed by atoms with Gasteiger partial charge in [-0.15, -0.1) is 0 Å². The summed E-state index contributed by atoms with van der Waals surface area (Å²) < 4.78 is 6.58. The van der Waals surface area contributed by atoms with E-state index in [2.05, 4.69) is 26.2 Å². The molecule has 122 valence electrons. The van der Waals surface area contributed by atoms with Crippen LogP contribution in [-0.4, -0.2) is 17.7 Å². The van der Waals surface area contributed by atoms with Crippen LogP contribution in [0.2, 0.25) is 0 Å². The second kappa shape index (κ2) is 7.68. The summed E-state index contributed by atoms with van der Waals surface area (Å²) in [6, 6.07) is 15.2. The van der Waals surface area contributed by atoms with E-state index in [4.69, 9.17) is 4.74 Å². The molecule has 3 rings (SSSR count). The molecule has 0 aliphatic carbocycles. The zero-order chi connectivity index (χ0) is 16.9. The Morgan fingerprint density at radius 1 is 1.21 bits per heavy atom. The van der Waals surface area contributed by atoms with Crippen molar-refractivity contribution in [3.8, 4) is 5.75 Å². The number of halogens is 1. The van der Waals surface area contributed by atoms with Crippen molar-refractivity contribution in [3.63, 3.8) is 0 Å². The Hall–Kier alpha value is -2.05. The molecule has 1 aliphatic heterocycles. The molecule has 0 bridgehead atoms. The van der Waals surface area contributed by atoms with Crippen LogP contribution in [0.4, 0.5) is 5.69 Å². The fourth-order valence-corrected chi connectivity index (χ4v) is 3.24. The quantitative estimate of drug-likeness (QED) is 0.751. The minimum Gasteiger partial charge on any atom is -0.493 e. The Morgan fingerprint density at radius 3 is 2.71 bits per heavy atom. The topological polar surface area (TPSA) is 50.7 Å². The first kappa shape index (κ1) is 16.8. The maximum Gasteiger partial charge on any atom is 0.264 e. The van der Waals surface area contributed by atoms with Gasteiger partial charge >= 0.3 is 0 Å². The predicted octanol–water partition coefficient (Wildman–Crippen LogP) is 4.74. The third-order valence-electron chi connectivity index (χ3n) is 3.21. The minimum atomic E-state index is -0.151. The van der Waals surface area contributed by atoms with Crippen molar-refractivity contribution in [2.75, 3.05) is 6.61 Å². The van der Waals surface area contributed by atoms with Crippen molar-refractivity contribution in [2.24, 2.45) is 4.99 Å². The van der Waals surface area contributed by atoms with Crippen molar-refractivity contribution < 1.29 is 9.53 Å². The number of thioether (sulfide) groups is 1. The standard InChI is InChI=1S/C18H15BrN2O2S/c1-2-23-15-6-4-3-5-12(15)11-16-17(22)21-18(24-16)20-14-9-7-13(19)8-10-14/h3-11H,2H2,1H3,(H,20,21,22). The summed E-state index contributed by atoms with van der Waals surface area (Å²) in [5.74, 6) is 0.612. The number of para-hydroxylation sites is 1. The van der Waals surface area contributed by atoms with Gasteiger partial charge in [0.05, 0.1) is 17.2 Å². The Bertz CT molecular complexity index is 816. The lowest BCUT2D eigenvalue weighted by molar-refractivity contribution is -0.115. The van der Waals surface area contributed by atoms with Crippen molar-refractivity contribution in [1.82, 2.24) is 5.32 Å². The molecule has 1 fully saturated rings. The molecule has 1 N–H and O–H groups in total. The number of benzene rings is 2. The number of nitrogens with zero attached hydrogens (tertiary/aromatic N) is 1. The average Bonchev–Trinajstić information content (AvgIpc) is 2.91. The van der Waals surface area contributed by atoms with E-state index in [0.717, 1.165) is 21.5 Å². The average molecular weight is 403 g/mol. The first-order chi connectivity index (χ1) is 11.7. The van der Waals surface area contributed by atoms with Crippen LogP contribution in [0, 0.1) is 0 Å². The monoisotopic (exact) mass is 402 g/mol. The van der Waals surface area contributed by atoms with Gasteiger partial charge in [-0.05, 0) is 55.1 Å². The van der Waals surface area contributed by atoms with Gasteiger partial charge in [0.15, 0.2) is 5.17 Å². The lowest BCUT2D eigenvalue weighted by Gasteiger charge is -2.06. The van der Waals surface area contributed by atoms with Gasteiger partial charge in [-0.1, -0.05) is 34.1 Å². The van der Waals surface area contributed by atoms with E-state index in [9.17, 15) is 4.79 Å². The molecule has 4 nitrogen and oxygen atoms in total. The Kier molecular flexibility index (Phi) is 5.37. The van der Waals surface area contributed by atoms with E-state index in [1.165, 1.54) is 11.8 Å². The van der Waals surface area contributed by atoms with Gasteiger partial charge < -0.3 is 10.1 Å². The molecule has 1 saturated heterocycles. The molecule has 24 heavy (non-hydrogen) atoms. The van der Waals surface area contributed by atoms with Gasteiger partial charge in [0.2, 0.25) is 0 Å². The van der Waals surface area contributed by atoms with Crippen molar-refractivity contribution in [2.45, 2.75) is 6.92 Å². The summed E-state index contributed by atoms with van der Waals surface area (Å²) in [6.07, 6.45) is 1.83. The van der Waals surface area contributed by atoms with E-state index in [0.29, 0.717) is 16.7 Å². The maximum absolute atomic E-state index is 12.2. The number of nitrogens with one attached hydrogen (secondary N) is 1. The summed E-state index contributed by atoms with van der Waals surface area (Å²) in [5, 5.41) is 3.36. The highest BCUT2D eigenvalue weighted by molar-refractivity contribution is 9.10. The number of hydrogen-bond donors (Lipinski definition) is 1. The molecule has 0 unspecified atom stereocenters. The summed E-state index contributed by atoms with van der Waals surface area (Å²) >= 11 is 4.71. The zero-order valence-corrected chi connectivity index (χ0v) is 15.4. The molecule has 2 aromatic rings. The van der Waals surface area contributed by atoms with Gasteiger partial charge in [0.1, 0.15) is 5.75 Å². The normalized spacial score (nSPS) is 17.3. The Labute approximate surface area is 153 Å². The van der Waals surface area contributed by atoms with Crippen molar-refractivity contribution in [1.29, 1.82) is 0 Å². The first-order valence-electron chi connectivity index (χ1n) is 7.42. The van der Waals surface area contributed by atoms with Gasteiger partial charge in [0, 0.05) is 10.0 Å². The van der Waals surface area contributed by atoms with E-state index in [-0.39, 0.29) is 5.91 Å². The van der Waals surface area contributed by atoms with Crippen LogP contribution in [0.15, 0.2) is 62.9 Å². The van der Waals surface area contributed by atoms with Crippen LogP contribution in [0.3, 0.4) is 0 Å². The van der Waals surface area contributed by atoms with Crippen molar-refractivity contribution in [3.05, 3.63) is 63.5 Å². The lowest BCUT2D eigenvalue weighted by Crippen LogP contribution is -2.19. The fourth-order valence-electron chi connectivity index (χ4n) is 2.14. The smallest absolute Gasteiger partial charge is 0.264 e. The Balaban J connectivity index is 1.83. The molecule has 0 aromatic heterocycles. The maximum atomic E-state index is 12.2. The number of amidine groups is 1. The molecule has 2 aromatic carbocycles. The van der Waals surface area contributed by atoms with Gasteiger partial charge in [-0.2, -0.15) is 0 Å². The molecule has 1 amide bonds. The summed E-state index contributed by atoms with van der Waals surface area (Å²) in [4.78, 5) is 17.2. The largest absolute Gasteiger partial charge is 0.493 e. The predicted molar refractivity (Wildman–Crippen MR) is 103 cm³/mol. The molecule has 6 heteroatoms. The Morgan fingerprint density at radius 2 is 1.96 bits per heavy atom.